The van der Waals surface area contributed by atoms with Crippen LogP contribution in [0.5, 0.6) is 11.5 Å². The number of carbonyl (C=O) groups excluding carboxylic acids is 1. The number of para-hydroxylation sites is 1. The molecule has 2 saturated heterocycles. The molecule has 4 aromatic rings. The minimum atomic E-state index is -4.52. The zero-order valence-corrected chi connectivity index (χ0v) is 26.2. The summed E-state index contributed by atoms with van der Waals surface area (Å²) >= 11 is 5.96. The van der Waals surface area contributed by atoms with Crippen LogP contribution in [-0.4, -0.2) is 63.9 Å². The third-order valence-corrected chi connectivity index (χ3v) is 9.23. The Morgan fingerprint density at radius 2 is 1.91 bits per heavy atom. The van der Waals surface area contributed by atoms with Crippen molar-refractivity contribution in [2.75, 3.05) is 26.2 Å². The molecule has 1 N–H and O–H groups in total. The highest BCUT2D eigenvalue weighted by Crippen LogP contribution is 2.50. The molecule has 2 aromatic heterocycles. The van der Waals surface area contributed by atoms with Gasteiger partial charge in [0.1, 0.15) is 23.9 Å². The molecule has 2 atom stereocenters. The van der Waals surface area contributed by atoms with E-state index in [-0.39, 0.29) is 23.3 Å². The molecule has 0 spiro atoms. The standard InChI is InChI=1S/C33H32ClF4N5O4/c1-32(23-6-5-20(34)13-24(23)35)46-28-4-2-3-22(30(28)47-32)19-7-10-42(11-8-19)17-29-41-25-14-26(31(44)40-18-33(36,37)38)39-15-27(25)43(29)16-21-9-12-45-21/h2-6,13-15,19,21H,7-12,16-18H2,1H3,(H,40,44)/t21-,32-/m0/s1. The van der Waals surface area contributed by atoms with Gasteiger partial charge < -0.3 is 24.1 Å². The van der Waals surface area contributed by atoms with Gasteiger partial charge in [-0.15, -0.1) is 0 Å². The number of carbonyl (C=O) groups is 1. The first kappa shape index (κ1) is 31.6. The van der Waals surface area contributed by atoms with Gasteiger partial charge in [0.15, 0.2) is 11.5 Å². The van der Waals surface area contributed by atoms with E-state index in [0.29, 0.717) is 47.3 Å². The Hall–Kier alpha value is -3.94. The summed E-state index contributed by atoms with van der Waals surface area (Å²) in [5, 5.41) is 2.15. The summed E-state index contributed by atoms with van der Waals surface area (Å²) in [6.45, 7) is 3.57. The Kier molecular flexibility index (Phi) is 8.25. The predicted molar refractivity (Wildman–Crippen MR) is 164 cm³/mol. The molecule has 47 heavy (non-hydrogen) atoms. The topological polar surface area (TPSA) is 90.7 Å². The number of halogens is 5. The molecule has 3 aliphatic rings. The van der Waals surface area contributed by atoms with Crippen molar-refractivity contribution >= 4 is 28.5 Å². The number of pyridine rings is 1. The highest BCUT2D eigenvalue weighted by atomic mass is 35.5. The molecule has 0 saturated carbocycles. The number of hydrogen-bond donors (Lipinski definition) is 1. The minimum absolute atomic E-state index is 0.0288. The second-order valence-electron chi connectivity index (χ2n) is 12.3. The van der Waals surface area contributed by atoms with Gasteiger partial charge in [0.05, 0.1) is 42.0 Å². The number of rotatable bonds is 8. The second-order valence-corrected chi connectivity index (χ2v) is 12.7. The van der Waals surface area contributed by atoms with Crippen molar-refractivity contribution in [2.45, 2.75) is 63.3 Å². The molecular weight excluding hydrogens is 642 g/mol. The van der Waals surface area contributed by atoms with Gasteiger partial charge in [-0.3, -0.25) is 9.69 Å². The Bertz CT molecular complexity index is 1820. The van der Waals surface area contributed by atoms with Gasteiger partial charge in [-0.1, -0.05) is 23.7 Å². The Balaban J connectivity index is 1.06. The number of nitrogens with one attached hydrogen (secondary N) is 1. The van der Waals surface area contributed by atoms with Gasteiger partial charge in [0, 0.05) is 24.1 Å². The maximum atomic E-state index is 14.8. The van der Waals surface area contributed by atoms with Crippen molar-refractivity contribution in [1.29, 1.82) is 0 Å². The number of alkyl halides is 3. The number of benzene rings is 2. The Morgan fingerprint density at radius 1 is 1.13 bits per heavy atom. The lowest BCUT2D eigenvalue weighted by molar-refractivity contribution is -0.123. The van der Waals surface area contributed by atoms with Crippen LogP contribution in [0.25, 0.3) is 11.0 Å². The fourth-order valence-corrected chi connectivity index (χ4v) is 6.62. The lowest BCUT2D eigenvalue weighted by atomic mass is 9.88. The van der Waals surface area contributed by atoms with Crippen LogP contribution in [0.15, 0.2) is 48.7 Å². The largest absolute Gasteiger partial charge is 0.444 e. The summed E-state index contributed by atoms with van der Waals surface area (Å²) in [6.07, 6.45) is -0.427. The van der Waals surface area contributed by atoms with Crippen molar-refractivity contribution in [3.05, 3.63) is 82.1 Å². The molecule has 0 radical (unpaired) electrons. The fraction of sp³-hybridized carbons (Fsp3) is 0.424. The Morgan fingerprint density at radius 3 is 2.62 bits per heavy atom. The molecule has 5 heterocycles. The molecule has 2 fully saturated rings. The molecule has 0 unspecified atom stereocenters. The molecule has 14 heteroatoms. The number of piperidine rings is 1. The maximum absolute atomic E-state index is 14.8. The van der Waals surface area contributed by atoms with Gasteiger partial charge in [-0.25, -0.2) is 14.4 Å². The van der Waals surface area contributed by atoms with Crippen molar-refractivity contribution in [3.8, 4) is 11.5 Å². The van der Waals surface area contributed by atoms with Crippen LogP contribution in [-0.2, 0) is 23.6 Å². The van der Waals surface area contributed by atoms with E-state index in [1.807, 2.05) is 28.1 Å². The van der Waals surface area contributed by atoms with E-state index in [0.717, 1.165) is 43.7 Å². The van der Waals surface area contributed by atoms with E-state index in [1.165, 1.54) is 18.3 Å². The average molecular weight is 674 g/mol. The van der Waals surface area contributed by atoms with Crippen LogP contribution in [0, 0.1) is 5.82 Å². The highest BCUT2D eigenvalue weighted by molar-refractivity contribution is 6.30. The van der Waals surface area contributed by atoms with Crippen LogP contribution < -0.4 is 14.8 Å². The van der Waals surface area contributed by atoms with E-state index in [4.69, 9.17) is 30.8 Å². The van der Waals surface area contributed by atoms with E-state index >= 15 is 0 Å². The second kappa shape index (κ2) is 12.3. The molecule has 7 rings (SSSR count). The molecule has 9 nitrogen and oxygen atoms in total. The monoisotopic (exact) mass is 673 g/mol. The van der Waals surface area contributed by atoms with Crippen molar-refractivity contribution in [3.63, 3.8) is 0 Å². The average Bonchev–Trinajstić information content (AvgIpc) is 3.53. The SMILES string of the molecule is C[C@]1(c2ccc(Cl)cc2F)Oc2cccc(C3CCN(Cc4nc5cc(C(=O)NCC(F)(F)F)ncc5n4C[C@@H]4CCO4)CC3)c2O1. The van der Waals surface area contributed by atoms with Crippen LogP contribution in [0.2, 0.25) is 5.02 Å². The smallest absolute Gasteiger partial charge is 0.405 e. The van der Waals surface area contributed by atoms with Crippen molar-refractivity contribution in [2.24, 2.45) is 0 Å². The zero-order valence-electron chi connectivity index (χ0n) is 25.4. The van der Waals surface area contributed by atoms with Crippen LogP contribution in [0.3, 0.4) is 0 Å². The third kappa shape index (κ3) is 6.48. The van der Waals surface area contributed by atoms with Gasteiger partial charge in [-0.05, 0) is 68.6 Å². The van der Waals surface area contributed by atoms with Crippen LogP contribution in [0.1, 0.15) is 59.5 Å². The van der Waals surface area contributed by atoms with Gasteiger partial charge in [0.2, 0.25) is 0 Å². The molecule has 0 aliphatic carbocycles. The van der Waals surface area contributed by atoms with Crippen molar-refractivity contribution in [1.82, 2.24) is 24.8 Å². The van der Waals surface area contributed by atoms with E-state index in [1.54, 1.807) is 19.1 Å². The first-order valence-corrected chi connectivity index (χ1v) is 15.8. The van der Waals surface area contributed by atoms with E-state index in [9.17, 15) is 22.4 Å². The normalized spacial score (nSPS) is 21.6. The number of fused-ring (bicyclic) bond motifs is 2. The summed E-state index contributed by atoms with van der Waals surface area (Å²) in [6, 6.07) is 11.6. The number of imidazole rings is 1. The van der Waals surface area contributed by atoms with Gasteiger partial charge in [-0.2, -0.15) is 13.2 Å². The molecule has 3 aliphatic heterocycles. The molecular formula is C33H32ClF4N5O4. The molecule has 0 bridgehead atoms. The number of aromatic nitrogens is 3. The zero-order chi connectivity index (χ0) is 32.9. The van der Waals surface area contributed by atoms with Crippen molar-refractivity contribution < 1.29 is 36.6 Å². The maximum Gasteiger partial charge on any atom is 0.405 e. The number of ether oxygens (including phenoxy) is 3. The summed E-state index contributed by atoms with van der Waals surface area (Å²) in [4.78, 5) is 23.6. The number of likely N-dealkylation sites (tertiary alicyclic amines) is 1. The summed E-state index contributed by atoms with van der Waals surface area (Å²) in [5.41, 5.74) is 2.32. The lowest BCUT2D eigenvalue weighted by Gasteiger charge is -2.33. The first-order chi connectivity index (χ1) is 22.5. The number of nitrogens with zero attached hydrogens (tertiary/aromatic N) is 4. The third-order valence-electron chi connectivity index (χ3n) is 9.00. The first-order valence-electron chi connectivity index (χ1n) is 15.5. The number of amides is 1. The molecule has 248 valence electrons. The molecule has 2 aromatic carbocycles. The highest BCUT2D eigenvalue weighted by Gasteiger charge is 2.43. The molecule has 1 amide bonds. The van der Waals surface area contributed by atoms with E-state index < -0.39 is 30.2 Å². The van der Waals surface area contributed by atoms with Gasteiger partial charge >= 0.3 is 6.18 Å². The van der Waals surface area contributed by atoms with Crippen LogP contribution >= 0.6 is 11.6 Å². The summed E-state index contributed by atoms with van der Waals surface area (Å²) < 4.78 is 72.9. The minimum Gasteiger partial charge on any atom is -0.444 e. The van der Waals surface area contributed by atoms with Gasteiger partial charge in [0.25, 0.3) is 11.7 Å². The van der Waals surface area contributed by atoms with Crippen LogP contribution in [0.4, 0.5) is 17.6 Å². The lowest BCUT2D eigenvalue weighted by Crippen LogP contribution is -2.35. The summed E-state index contributed by atoms with van der Waals surface area (Å²) in [5.74, 6) is -0.612. The Labute approximate surface area is 272 Å². The summed E-state index contributed by atoms with van der Waals surface area (Å²) in [7, 11) is 0. The fourth-order valence-electron chi connectivity index (χ4n) is 6.46. The quantitative estimate of drug-likeness (QED) is 0.219. The van der Waals surface area contributed by atoms with E-state index in [2.05, 4.69) is 9.88 Å². The number of hydrogen-bond acceptors (Lipinski definition) is 7. The predicted octanol–water partition coefficient (Wildman–Crippen LogP) is 6.33.